The molecule has 0 saturated heterocycles. The number of nitrogens with zero attached hydrogens (tertiary/aromatic N) is 1. The van der Waals surface area contributed by atoms with Gasteiger partial charge in [-0.3, -0.25) is 4.79 Å². The maximum absolute atomic E-state index is 13.9. The highest BCUT2D eigenvalue weighted by molar-refractivity contribution is 7.89. The monoisotopic (exact) mass is 420 g/mol. The van der Waals surface area contributed by atoms with Crippen molar-refractivity contribution < 1.29 is 26.4 Å². The number of hydrogen-bond acceptors (Lipinski definition) is 3. The van der Waals surface area contributed by atoms with E-state index < -0.39 is 44.8 Å². The maximum Gasteiger partial charge on any atom is 0.246 e. The first kappa shape index (κ1) is 21.2. The number of amides is 1. The normalized spacial score (nSPS) is 11.6. The zero-order valence-corrected chi connectivity index (χ0v) is 15.7. The number of halogens is 4. The Kier molecular flexibility index (Phi) is 6.85. The van der Waals surface area contributed by atoms with Crippen LogP contribution in [0.2, 0.25) is 5.02 Å². The lowest BCUT2D eigenvalue weighted by Crippen LogP contribution is -2.40. The van der Waals surface area contributed by atoms with Gasteiger partial charge in [0.05, 0.1) is 6.54 Å². The van der Waals surface area contributed by atoms with Crippen LogP contribution < -0.4 is 5.32 Å². The molecule has 0 radical (unpaired) electrons. The fraction of sp³-hybridized carbons (Fsp3) is 0.235. The van der Waals surface area contributed by atoms with Crippen molar-refractivity contribution in [3.05, 3.63) is 64.4 Å². The van der Waals surface area contributed by atoms with Crippen molar-refractivity contribution in [3.63, 3.8) is 0 Å². The Balaban J connectivity index is 2.12. The molecular formula is C17H16ClF3N2O3S. The fourth-order valence-electron chi connectivity index (χ4n) is 2.23. The van der Waals surface area contributed by atoms with E-state index in [0.29, 0.717) is 21.5 Å². The number of nitrogens with one attached hydrogen (secondary N) is 1. The lowest BCUT2D eigenvalue weighted by atomic mass is 10.2. The fourth-order valence-corrected chi connectivity index (χ4v) is 3.82. The molecule has 0 heterocycles. The average molecular weight is 421 g/mol. The molecule has 0 aliphatic carbocycles. The van der Waals surface area contributed by atoms with Gasteiger partial charge in [0.15, 0.2) is 17.5 Å². The summed E-state index contributed by atoms with van der Waals surface area (Å²) in [7, 11) is -4.53. The van der Waals surface area contributed by atoms with E-state index in [1.807, 2.05) is 0 Å². The summed E-state index contributed by atoms with van der Waals surface area (Å²) in [5.74, 6) is -5.86. The van der Waals surface area contributed by atoms with Crippen LogP contribution in [0.5, 0.6) is 0 Å². The summed E-state index contributed by atoms with van der Waals surface area (Å²) in [6.07, 6.45) is 0. The molecule has 1 N–H and O–H groups in total. The summed E-state index contributed by atoms with van der Waals surface area (Å²) < 4.78 is 65.9. The number of carbonyl (C=O) groups is 1. The number of sulfonamides is 1. The minimum Gasteiger partial charge on any atom is -0.351 e. The van der Waals surface area contributed by atoms with Gasteiger partial charge >= 0.3 is 0 Å². The number of carbonyl (C=O) groups excluding carboxylic acids is 1. The number of rotatable bonds is 7. The average Bonchev–Trinajstić information content (AvgIpc) is 2.63. The van der Waals surface area contributed by atoms with E-state index in [1.54, 1.807) is 24.3 Å². The van der Waals surface area contributed by atoms with Gasteiger partial charge in [-0.1, -0.05) is 30.7 Å². The van der Waals surface area contributed by atoms with Crippen LogP contribution in [-0.2, 0) is 21.4 Å². The molecule has 0 aliphatic rings. The second kappa shape index (κ2) is 8.73. The van der Waals surface area contributed by atoms with Crippen molar-refractivity contribution in [2.75, 3.05) is 13.1 Å². The summed E-state index contributed by atoms with van der Waals surface area (Å²) in [6.45, 7) is 0.787. The van der Waals surface area contributed by atoms with Crippen molar-refractivity contribution in [2.24, 2.45) is 0 Å². The van der Waals surface area contributed by atoms with Crippen LogP contribution in [0.3, 0.4) is 0 Å². The Labute approximate surface area is 159 Å². The summed E-state index contributed by atoms with van der Waals surface area (Å²) in [6, 6.07) is 7.79. The molecule has 27 heavy (non-hydrogen) atoms. The van der Waals surface area contributed by atoms with Gasteiger partial charge in [-0.15, -0.1) is 0 Å². The maximum atomic E-state index is 13.9. The van der Waals surface area contributed by atoms with Crippen molar-refractivity contribution in [3.8, 4) is 0 Å². The van der Waals surface area contributed by atoms with E-state index in [2.05, 4.69) is 5.32 Å². The largest absolute Gasteiger partial charge is 0.351 e. The van der Waals surface area contributed by atoms with Gasteiger partial charge < -0.3 is 5.32 Å². The van der Waals surface area contributed by atoms with Gasteiger partial charge in [-0.25, -0.2) is 21.6 Å². The minimum absolute atomic E-state index is 0.132. The van der Waals surface area contributed by atoms with Gasteiger partial charge in [0.1, 0.15) is 4.90 Å². The van der Waals surface area contributed by atoms with Gasteiger partial charge in [-0.05, 0) is 29.8 Å². The van der Waals surface area contributed by atoms with Gasteiger partial charge in [-0.2, -0.15) is 4.31 Å². The molecule has 10 heteroatoms. The third-order valence-electron chi connectivity index (χ3n) is 3.69. The Morgan fingerprint density at radius 3 is 2.30 bits per heavy atom. The molecular weight excluding hydrogens is 405 g/mol. The quantitative estimate of drug-likeness (QED) is 0.700. The molecule has 0 atom stereocenters. The first-order valence-corrected chi connectivity index (χ1v) is 9.63. The van der Waals surface area contributed by atoms with E-state index in [4.69, 9.17) is 11.6 Å². The van der Waals surface area contributed by atoms with Crippen molar-refractivity contribution >= 4 is 27.5 Å². The van der Waals surface area contributed by atoms with Gasteiger partial charge in [0.2, 0.25) is 15.9 Å². The van der Waals surface area contributed by atoms with Crippen LogP contribution in [-0.4, -0.2) is 31.7 Å². The summed E-state index contributed by atoms with van der Waals surface area (Å²) in [5, 5.41) is 3.06. The molecule has 0 aromatic heterocycles. The van der Waals surface area contributed by atoms with E-state index in [-0.39, 0.29) is 13.1 Å². The Bertz CT molecular complexity index is 937. The lowest BCUT2D eigenvalue weighted by molar-refractivity contribution is -0.121. The topological polar surface area (TPSA) is 66.5 Å². The molecule has 0 unspecified atom stereocenters. The first-order valence-electron chi connectivity index (χ1n) is 7.81. The molecule has 1 amide bonds. The zero-order chi connectivity index (χ0) is 20.2. The summed E-state index contributed by atoms with van der Waals surface area (Å²) >= 11 is 5.76. The van der Waals surface area contributed by atoms with E-state index in [9.17, 15) is 26.4 Å². The Morgan fingerprint density at radius 1 is 1.07 bits per heavy atom. The van der Waals surface area contributed by atoms with Crippen LogP contribution >= 0.6 is 11.6 Å². The van der Waals surface area contributed by atoms with Crippen molar-refractivity contribution in [1.29, 1.82) is 0 Å². The van der Waals surface area contributed by atoms with Crippen LogP contribution in [0, 0.1) is 17.5 Å². The molecule has 0 aliphatic heterocycles. The number of likely N-dealkylation sites (N-methyl/N-ethyl adjacent to an activating group) is 1. The minimum atomic E-state index is -4.53. The third-order valence-corrected chi connectivity index (χ3v) is 5.88. The lowest BCUT2D eigenvalue weighted by Gasteiger charge is -2.20. The second-order valence-electron chi connectivity index (χ2n) is 5.51. The Hall–Kier alpha value is -2.10. The highest BCUT2D eigenvalue weighted by Crippen LogP contribution is 2.23. The molecule has 2 rings (SSSR count). The van der Waals surface area contributed by atoms with E-state index >= 15 is 0 Å². The highest BCUT2D eigenvalue weighted by atomic mass is 35.5. The zero-order valence-electron chi connectivity index (χ0n) is 14.2. The molecule has 2 aromatic carbocycles. The standard InChI is InChI=1S/C17H16ClF3N2O3S/c1-2-23(10-15(24)22-9-11-3-5-12(18)6-4-11)27(25,26)14-8-7-13(19)16(20)17(14)21/h3-8H,2,9-10H2,1H3,(H,22,24). The van der Waals surface area contributed by atoms with E-state index in [0.717, 1.165) is 5.56 Å². The molecule has 0 saturated carbocycles. The highest BCUT2D eigenvalue weighted by Gasteiger charge is 2.30. The molecule has 0 fully saturated rings. The SMILES string of the molecule is CCN(CC(=O)NCc1ccc(Cl)cc1)S(=O)(=O)c1ccc(F)c(F)c1F. The molecule has 2 aromatic rings. The number of hydrogen-bond donors (Lipinski definition) is 1. The summed E-state index contributed by atoms with van der Waals surface area (Å²) in [5.41, 5.74) is 0.741. The molecule has 146 valence electrons. The van der Waals surface area contributed by atoms with Crippen LogP contribution in [0.15, 0.2) is 41.3 Å². The smallest absolute Gasteiger partial charge is 0.246 e. The van der Waals surface area contributed by atoms with Crippen LogP contribution in [0.1, 0.15) is 12.5 Å². The Morgan fingerprint density at radius 2 is 1.70 bits per heavy atom. The predicted molar refractivity (Wildman–Crippen MR) is 94.0 cm³/mol. The van der Waals surface area contributed by atoms with E-state index in [1.165, 1.54) is 6.92 Å². The predicted octanol–water partition coefficient (Wildman–Crippen LogP) is 3.08. The second-order valence-corrected chi connectivity index (χ2v) is 7.85. The molecule has 0 bridgehead atoms. The van der Waals surface area contributed by atoms with Gasteiger partial charge in [0.25, 0.3) is 0 Å². The first-order chi connectivity index (χ1) is 12.7. The number of benzene rings is 2. The molecule has 5 nitrogen and oxygen atoms in total. The van der Waals surface area contributed by atoms with Crippen LogP contribution in [0.25, 0.3) is 0 Å². The summed E-state index contributed by atoms with van der Waals surface area (Å²) in [4.78, 5) is 11.0. The van der Waals surface area contributed by atoms with Gasteiger partial charge in [0, 0.05) is 18.1 Å². The third kappa shape index (κ3) is 5.00. The van der Waals surface area contributed by atoms with Crippen molar-refractivity contribution in [2.45, 2.75) is 18.4 Å². The van der Waals surface area contributed by atoms with Crippen molar-refractivity contribution in [1.82, 2.24) is 9.62 Å². The van der Waals surface area contributed by atoms with Crippen LogP contribution in [0.4, 0.5) is 13.2 Å². The molecule has 0 spiro atoms.